The Morgan fingerprint density at radius 2 is 2.30 bits per heavy atom. The smallest absolute Gasteiger partial charge is 0.306 e. The Labute approximate surface area is 60.0 Å². The number of ether oxygens (including phenoxy) is 1. The van der Waals surface area contributed by atoms with Gasteiger partial charge in [-0.1, -0.05) is 18.8 Å². The molecule has 0 atom stereocenters. The van der Waals surface area contributed by atoms with Crippen LogP contribution < -0.4 is 0 Å². The Hall–Kier alpha value is -1.01. The summed E-state index contributed by atoms with van der Waals surface area (Å²) in [5.74, 6) is 4.54. The Balaban J connectivity index is 3.27. The molecule has 0 aromatic carbocycles. The number of rotatable bonds is 2. The summed E-state index contributed by atoms with van der Waals surface area (Å²) < 4.78 is 4.57. The van der Waals surface area contributed by atoms with Crippen LogP contribution in [-0.2, 0) is 9.53 Å². The van der Waals surface area contributed by atoms with E-state index in [1.165, 1.54) is 0 Å². The summed E-state index contributed by atoms with van der Waals surface area (Å²) >= 11 is 0. The molecule has 0 spiro atoms. The maximum atomic E-state index is 10.4. The van der Waals surface area contributed by atoms with Crippen LogP contribution in [0.1, 0.15) is 13.3 Å². The van der Waals surface area contributed by atoms with E-state index in [1.807, 2.05) is 0 Å². The van der Waals surface area contributed by atoms with Gasteiger partial charge >= 0.3 is 5.97 Å². The Morgan fingerprint density at radius 3 is 2.80 bits per heavy atom. The molecule has 0 amide bonds. The summed E-state index contributed by atoms with van der Waals surface area (Å²) in [5.41, 5.74) is 0. The Bertz CT molecular complexity index is 152. The SMILES string of the molecule is CCC(=O)OCC#CCO. The van der Waals surface area contributed by atoms with Crippen molar-refractivity contribution in [1.82, 2.24) is 0 Å². The van der Waals surface area contributed by atoms with Crippen molar-refractivity contribution in [1.29, 1.82) is 0 Å². The summed E-state index contributed by atoms with van der Waals surface area (Å²) in [5, 5.41) is 8.17. The fraction of sp³-hybridized carbons (Fsp3) is 0.571. The molecule has 0 aromatic rings. The predicted molar refractivity (Wildman–Crippen MR) is 36.1 cm³/mol. The van der Waals surface area contributed by atoms with Crippen molar-refractivity contribution in [2.45, 2.75) is 13.3 Å². The van der Waals surface area contributed by atoms with Gasteiger partial charge < -0.3 is 9.84 Å². The van der Waals surface area contributed by atoms with Crippen molar-refractivity contribution in [3.63, 3.8) is 0 Å². The van der Waals surface area contributed by atoms with Crippen LogP contribution in [0.25, 0.3) is 0 Å². The second kappa shape index (κ2) is 6.12. The first-order chi connectivity index (χ1) is 4.81. The summed E-state index contributed by atoms with van der Waals surface area (Å²) in [6.07, 6.45) is 0.362. The van der Waals surface area contributed by atoms with Gasteiger partial charge in [-0.15, -0.1) is 0 Å². The predicted octanol–water partition coefficient (Wildman–Crippen LogP) is -0.0647. The van der Waals surface area contributed by atoms with E-state index in [2.05, 4.69) is 16.6 Å². The summed E-state index contributed by atoms with van der Waals surface area (Å²) in [6.45, 7) is 1.60. The van der Waals surface area contributed by atoms with E-state index in [1.54, 1.807) is 6.92 Å². The number of hydrogen-bond donors (Lipinski definition) is 1. The molecule has 3 heteroatoms. The molecule has 0 aliphatic heterocycles. The zero-order valence-electron chi connectivity index (χ0n) is 5.89. The van der Waals surface area contributed by atoms with E-state index in [0.29, 0.717) is 6.42 Å². The van der Waals surface area contributed by atoms with Gasteiger partial charge in [-0.3, -0.25) is 4.79 Å². The molecular formula is C7H10O3. The van der Waals surface area contributed by atoms with Crippen molar-refractivity contribution in [2.75, 3.05) is 13.2 Å². The molecule has 0 radical (unpaired) electrons. The van der Waals surface area contributed by atoms with Crippen LogP contribution in [0.2, 0.25) is 0 Å². The average Bonchev–Trinajstić information content (AvgIpc) is 1.98. The Morgan fingerprint density at radius 1 is 1.60 bits per heavy atom. The molecule has 0 bridgehead atoms. The molecule has 0 saturated carbocycles. The molecule has 0 fully saturated rings. The van der Waals surface area contributed by atoms with Gasteiger partial charge in [0, 0.05) is 6.42 Å². The lowest BCUT2D eigenvalue weighted by atomic mass is 10.5. The standard InChI is InChI=1S/C7H10O3/c1-2-7(9)10-6-4-3-5-8/h8H,2,5-6H2,1H3. The van der Waals surface area contributed by atoms with E-state index in [4.69, 9.17) is 5.11 Å². The third-order valence-electron chi connectivity index (χ3n) is 0.798. The zero-order chi connectivity index (χ0) is 7.82. The second-order valence-corrected chi connectivity index (χ2v) is 1.53. The fourth-order valence-electron chi connectivity index (χ4n) is 0.326. The first kappa shape index (κ1) is 8.99. The molecule has 0 heterocycles. The lowest BCUT2D eigenvalue weighted by molar-refractivity contribution is -0.141. The van der Waals surface area contributed by atoms with Crippen LogP contribution in [0, 0.1) is 11.8 Å². The van der Waals surface area contributed by atoms with Gasteiger partial charge in [0.15, 0.2) is 6.61 Å². The van der Waals surface area contributed by atoms with Crippen LogP contribution >= 0.6 is 0 Å². The molecule has 1 N–H and O–H groups in total. The van der Waals surface area contributed by atoms with Crippen LogP contribution in [0.3, 0.4) is 0 Å². The highest BCUT2D eigenvalue weighted by molar-refractivity contribution is 5.69. The minimum absolute atomic E-state index is 0.0766. The van der Waals surface area contributed by atoms with Crippen molar-refractivity contribution < 1.29 is 14.6 Å². The first-order valence-corrected chi connectivity index (χ1v) is 3.03. The van der Waals surface area contributed by atoms with Crippen molar-refractivity contribution in [2.24, 2.45) is 0 Å². The summed E-state index contributed by atoms with van der Waals surface area (Å²) in [7, 11) is 0. The van der Waals surface area contributed by atoms with Crippen molar-refractivity contribution in [3.8, 4) is 11.8 Å². The molecule has 0 rings (SSSR count). The van der Waals surface area contributed by atoms with Gasteiger partial charge in [0.05, 0.1) is 0 Å². The number of esters is 1. The topological polar surface area (TPSA) is 46.5 Å². The molecule has 0 aliphatic carbocycles. The molecule has 0 unspecified atom stereocenters. The third-order valence-corrected chi connectivity index (χ3v) is 0.798. The minimum Gasteiger partial charge on any atom is -0.452 e. The molecule has 3 nitrogen and oxygen atoms in total. The third kappa shape index (κ3) is 5.13. The molecule has 56 valence electrons. The Kier molecular flexibility index (Phi) is 5.50. The summed E-state index contributed by atoms with van der Waals surface area (Å²) in [4.78, 5) is 10.4. The number of hydrogen-bond acceptors (Lipinski definition) is 3. The quantitative estimate of drug-likeness (QED) is 0.434. The van der Waals surface area contributed by atoms with Crippen LogP contribution in [0.4, 0.5) is 0 Å². The fourth-order valence-corrected chi connectivity index (χ4v) is 0.326. The molecule has 0 aromatic heterocycles. The number of aliphatic hydroxyl groups is 1. The molecule has 0 aliphatic rings. The van der Waals surface area contributed by atoms with Crippen LogP contribution in [0.5, 0.6) is 0 Å². The van der Waals surface area contributed by atoms with E-state index in [9.17, 15) is 4.79 Å². The van der Waals surface area contributed by atoms with Gasteiger partial charge in [0.2, 0.25) is 0 Å². The normalized spacial score (nSPS) is 7.80. The zero-order valence-corrected chi connectivity index (χ0v) is 5.89. The van der Waals surface area contributed by atoms with Gasteiger partial charge in [-0.05, 0) is 0 Å². The maximum absolute atomic E-state index is 10.4. The number of carbonyl (C=O) groups is 1. The van der Waals surface area contributed by atoms with Crippen LogP contribution in [-0.4, -0.2) is 24.3 Å². The highest BCUT2D eigenvalue weighted by Gasteiger charge is 1.92. The van der Waals surface area contributed by atoms with E-state index in [0.717, 1.165) is 0 Å². The lowest BCUT2D eigenvalue weighted by Crippen LogP contribution is -2.01. The average molecular weight is 142 g/mol. The minimum atomic E-state index is -0.271. The number of aliphatic hydroxyl groups excluding tert-OH is 1. The van der Waals surface area contributed by atoms with Crippen molar-refractivity contribution in [3.05, 3.63) is 0 Å². The van der Waals surface area contributed by atoms with Gasteiger partial charge in [-0.2, -0.15) is 0 Å². The van der Waals surface area contributed by atoms with E-state index >= 15 is 0 Å². The highest BCUT2D eigenvalue weighted by Crippen LogP contribution is 1.81. The van der Waals surface area contributed by atoms with E-state index in [-0.39, 0.29) is 19.2 Å². The van der Waals surface area contributed by atoms with Gasteiger partial charge in [-0.25, -0.2) is 0 Å². The molecular weight excluding hydrogens is 132 g/mol. The maximum Gasteiger partial charge on any atom is 0.306 e. The number of carbonyl (C=O) groups excluding carboxylic acids is 1. The highest BCUT2D eigenvalue weighted by atomic mass is 16.5. The lowest BCUT2D eigenvalue weighted by Gasteiger charge is -1.94. The second-order valence-electron chi connectivity index (χ2n) is 1.53. The largest absolute Gasteiger partial charge is 0.452 e. The van der Waals surface area contributed by atoms with Crippen molar-refractivity contribution >= 4 is 5.97 Å². The molecule has 0 saturated heterocycles. The van der Waals surface area contributed by atoms with Crippen LogP contribution in [0.15, 0.2) is 0 Å². The summed E-state index contributed by atoms with van der Waals surface area (Å²) in [6, 6.07) is 0. The van der Waals surface area contributed by atoms with E-state index < -0.39 is 0 Å². The van der Waals surface area contributed by atoms with Gasteiger partial charge in [0.25, 0.3) is 0 Å². The van der Waals surface area contributed by atoms with Gasteiger partial charge in [0.1, 0.15) is 6.61 Å². The monoisotopic (exact) mass is 142 g/mol. The molecule has 10 heavy (non-hydrogen) atoms. The first-order valence-electron chi connectivity index (χ1n) is 3.03.